The topological polar surface area (TPSA) is 72.2 Å². The maximum absolute atomic E-state index is 5.51. The van der Waals surface area contributed by atoms with Crippen molar-refractivity contribution in [3.8, 4) is 0 Å². The molecule has 0 aliphatic rings. The minimum atomic E-state index is 0.338. The number of nitrogens with one attached hydrogen (secondary N) is 2. The van der Waals surface area contributed by atoms with Gasteiger partial charge in [0.15, 0.2) is 0 Å². The molecular weight excluding hydrogens is 244 g/mol. The molecule has 1 rings (SSSR count). The van der Waals surface area contributed by atoms with Crippen molar-refractivity contribution < 1.29 is 9.15 Å². The Morgan fingerprint density at radius 2 is 2.11 bits per heavy atom. The molecule has 0 radical (unpaired) electrons. The lowest BCUT2D eigenvalue weighted by molar-refractivity contribution is 0.198. The molecule has 0 aromatic carbocycles. The molecule has 0 fully saturated rings. The summed E-state index contributed by atoms with van der Waals surface area (Å²) in [6.45, 7) is 8.59. The van der Waals surface area contributed by atoms with E-state index in [4.69, 9.17) is 9.15 Å². The van der Waals surface area contributed by atoms with Crippen molar-refractivity contribution in [1.29, 1.82) is 0 Å². The quantitative estimate of drug-likeness (QED) is 0.634. The van der Waals surface area contributed by atoms with Gasteiger partial charge in [0.1, 0.15) is 0 Å². The van der Waals surface area contributed by atoms with E-state index in [1.165, 1.54) is 6.42 Å². The van der Waals surface area contributed by atoms with Gasteiger partial charge in [-0.25, -0.2) is 0 Å². The Morgan fingerprint density at radius 1 is 1.32 bits per heavy atom. The molecule has 0 saturated carbocycles. The van der Waals surface area contributed by atoms with Crippen molar-refractivity contribution in [2.45, 2.75) is 46.2 Å². The molecule has 0 bridgehead atoms. The van der Waals surface area contributed by atoms with Crippen molar-refractivity contribution in [2.75, 3.05) is 25.6 Å². The lowest BCUT2D eigenvalue weighted by Gasteiger charge is -2.15. The zero-order valence-corrected chi connectivity index (χ0v) is 12.4. The van der Waals surface area contributed by atoms with Crippen LogP contribution in [-0.2, 0) is 11.3 Å². The first-order chi connectivity index (χ1) is 9.15. The van der Waals surface area contributed by atoms with E-state index in [1.54, 1.807) is 7.11 Å². The number of aromatic nitrogens is 2. The van der Waals surface area contributed by atoms with Crippen LogP contribution in [0.4, 0.5) is 6.01 Å². The van der Waals surface area contributed by atoms with Crippen LogP contribution in [0.25, 0.3) is 0 Å². The predicted molar refractivity (Wildman–Crippen MR) is 75.0 cm³/mol. The molecule has 1 aromatic heterocycles. The van der Waals surface area contributed by atoms with E-state index in [2.05, 4.69) is 41.6 Å². The maximum atomic E-state index is 5.51. The van der Waals surface area contributed by atoms with Crippen LogP contribution in [0.5, 0.6) is 0 Å². The molecule has 0 aliphatic heterocycles. The Morgan fingerprint density at radius 3 is 2.79 bits per heavy atom. The van der Waals surface area contributed by atoms with E-state index < -0.39 is 0 Å². The van der Waals surface area contributed by atoms with Crippen LogP contribution in [0, 0.1) is 5.92 Å². The van der Waals surface area contributed by atoms with Gasteiger partial charge in [0.25, 0.3) is 0 Å². The molecule has 110 valence electrons. The molecule has 2 N–H and O–H groups in total. The first-order valence-electron chi connectivity index (χ1n) is 6.94. The second-order valence-electron chi connectivity index (χ2n) is 4.97. The average molecular weight is 270 g/mol. The summed E-state index contributed by atoms with van der Waals surface area (Å²) in [6.07, 6.45) is 2.28. The maximum Gasteiger partial charge on any atom is 0.315 e. The highest BCUT2D eigenvalue weighted by Gasteiger charge is 2.11. The molecule has 0 aliphatic carbocycles. The highest BCUT2D eigenvalue weighted by atomic mass is 16.5. The highest BCUT2D eigenvalue weighted by Crippen LogP contribution is 2.14. The van der Waals surface area contributed by atoms with Gasteiger partial charge in [0.05, 0.1) is 13.2 Å². The SMILES string of the molecule is CCC(C)CC(C)Nc1nnc(CNCCOC)o1. The van der Waals surface area contributed by atoms with Gasteiger partial charge in [-0.15, -0.1) is 5.10 Å². The first-order valence-corrected chi connectivity index (χ1v) is 6.94. The van der Waals surface area contributed by atoms with E-state index >= 15 is 0 Å². The molecule has 19 heavy (non-hydrogen) atoms. The fourth-order valence-corrected chi connectivity index (χ4v) is 1.79. The summed E-state index contributed by atoms with van der Waals surface area (Å²) < 4.78 is 10.5. The largest absolute Gasteiger partial charge is 0.407 e. The first kappa shape index (κ1) is 15.9. The van der Waals surface area contributed by atoms with Crippen molar-refractivity contribution in [3.63, 3.8) is 0 Å². The van der Waals surface area contributed by atoms with Gasteiger partial charge < -0.3 is 19.8 Å². The molecule has 6 nitrogen and oxygen atoms in total. The number of ether oxygens (including phenoxy) is 1. The molecule has 1 heterocycles. The lowest BCUT2D eigenvalue weighted by atomic mass is 10.0. The Kier molecular flexibility index (Phi) is 7.43. The predicted octanol–water partition coefficient (Wildman–Crippen LogP) is 2.04. The number of rotatable bonds is 10. The summed E-state index contributed by atoms with van der Waals surface area (Å²) >= 11 is 0. The minimum absolute atomic E-state index is 0.338. The molecule has 0 amide bonds. The Balaban J connectivity index is 2.29. The van der Waals surface area contributed by atoms with Crippen molar-refractivity contribution in [3.05, 3.63) is 5.89 Å². The smallest absolute Gasteiger partial charge is 0.315 e. The zero-order chi connectivity index (χ0) is 14.1. The van der Waals surface area contributed by atoms with Gasteiger partial charge in [-0.3, -0.25) is 0 Å². The van der Waals surface area contributed by atoms with Crippen molar-refractivity contribution >= 4 is 6.01 Å². The highest BCUT2D eigenvalue weighted by molar-refractivity contribution is 5.18. The number of nitrogens with zero attached hydrogens (tertiary/aromatic N) is 2. The summed E-state index contributed by atoms with van der Waals surface area (Å²) in [5.74, 6) is 1.29. The second kappa shape index (κ2) is 8.87. The second-order valence-corrected chi connectivity index (χ2v) is 4.97. The summed E-state index contributed by atoms with van der Waals surface area (Å²) in [5, 5.41) is 14.4. The fourth-order valence-electron chi connectivity index (χ4n) is 1.79. The van der Waals surface area contributed by atoms with E-state index in [1.807, 2.05) is 0 Å². The van der Waals surface area contributed by atoms with Crippen LogP contribution in [0.1, 0.15) is 39.5 Å². The third-order valence-corrected chi connectivity index (χ3v) is 3.05. The molecule has 0 spiro atoms. The minimum Gasteiger partial charge on any atom is -0.407 e. The van der Waals surface area contributed by atoms with Crippen LogP contribution in [0.3, 0.4) is 0 Å². The van der Waals surface area contributed by atoms with Crippen molar-refractivity contribution in [1.82, 2.24) is 15.5 Å². The number of hydrogen-bond donors (Lipinski definition) is 2. The third-order valence-electron chi connectivity index (χ3n) is 3.05. The summed E-state index contributed by atoms with van der Waals surface area (Å²) in [7, 11) is 1.68. The monoisotopic (exact) mass is 270 g/mol. The Hall–Kier alpha value is -1.14. The van der Waals surface area contributed by atoms with Crippen LogP contribution in [0.15, 0.2) is 4.42 Å². The van der Waals surface area contributed by atoms with E-state index in [9.17, 15) is 0 Å². The molecule has 6 heteroatoms. The summed E-state index contributed by atoms with van der Waals surface area (Å²) in [4.78, 5) is 0. The fraction of sp³-hybridized carbons (Fsp3) is 0.846. The van der Waals surface area contributed by atoms with Crippen LogP contribution >= 0.6 is 0 Å². The van der Waals surface area contributed by atoms with Crippen molar-refractivity contribution in [2.24, 2.45) is 5.92 Å². The Labute approximate surface area is 115 Å². The molecule has 2 unspecified atom stereocenters. The van der Waals surface area contributed by atoms with Gasteiger partial charge in [-0.1, -0.05) is 25.4 Å². The Bertz CT molecular complexity index is 343. The van der Waals surface area contributed by atoms with E-state index in [0.29, 0.717) is 37.0 Å². The summed E-state index contributed by atoms with van der Waals surface area (Å²) in [5.41, 5.74) is 0. The van der Waals surface area contributed by atoms with E-state index in [0.717, 1.165) is 13.0 Å². The standard InChI is InChI=1S/C13H26N4O2/c1-5-10(2)8-11(3)15-13-17-16-12(19-13)9-14-6-7-18-4/h10-11,14H,5-9H2,1-4H3,(H,15,17). The van der Waals surface area contributed by atoms with Gasteiger partial charge in [0.2, 0.25) is 5.89 Å². The number of hydrogen-bond acceptors (Lipinski definition) is 6. The van der Waals surface area contributed by atoms with Gasteiger partial charge >= 0.3 is 6.01 Å². The summed E-state index contributed by atoms with van der Waals surface area (Å²) in [6, 6.07) is 0.837. The van der Waals surface area contributed by atoms with Gasteiger partial charge in [-0.2, -0.15) is 0 Å². The lowest BCUT2D eigenvalue weighted by Crippen LogP contribution is -2.19. The molecular formula is C13H26N4O2. The molecule has 2 atom stereocenters. The normalized spacial score (nSPS) is 14.3. The van der Waals surface area contributed by atoms with Crippen LogP contribution in [-0.4, -0.2) is 36.5 Å². The van der Waals surface area contributed by atoms with E-state index in [-0.39, 0.29) is 0 Å². The number of anilines is 1. The van der Waals surface area contributed by atoms with Gasteiger partial charge in [-0.05, 0) is 19.3 Å². The molecule has 0 saturated heterocycles. The van der Waals surface area contributed by atoms with Crippen LogP contribution in [0.2, 0.25) is 0 Å². The zero-order valence-electron chi connectivity index (χ0n) is 12.4. The van der Waals surface area contributed by atoms with Gasteiger partial charge in [0, 0.05) is 19.7 Å². The third kappa shape index (κ3) is 6.54. The molecule has 1 aromatic rings. The average Bonchev–Trinajstić information content (AvgIpc) is 2.82. The number of methoxy groups -OCH3 is 1. The van der Waals surface area contributed by atoms with Crippen LogP contribution < -0.4 is 10.6 Å².